The highest BCUT2D eigenvalue weighted by Crippen LogP contribution is 2.37. The third kappa shape index (κ3) is 4.22. The van der Waals surface area contributed by atoms with Crippen LogP contribution in [0.25, 0.3) is 0 Å². The van der Waals surface area contributed by atoms with Crippen LogP contribution in [0.5, 0.6) is 0 Å². The van der Waals surface area contributed by atoms with Gasteiger partial charge in [-0.05, 0) is 63.3 Å². The lowest BCUT2D eigenvalue weighted by Gasteiger charge is -2.32. The quantitative estimate of drug-likeness (QED) is 0.724. The first-order valence-corrected chi connectivity index (χ1v) is 10.7. The average molecular weight is 437 g/mol. The summed E-state index contributed by atoms with van der Waals surface area (Å²) >= 11 is 0. The molecule has 3 heterocycles. The van der Waals surface area contributed by atoms with Crippen LogP contribution in [0.1, 0.15) is 49.3 Å². The molecule has 0 radical (unpaired) electrons. The lowest BCUT2D eigenvalue weighted by molar-refractivity contribution is 0.00578. The summed E-state index contributed by atoms with van der Waals surface area (Å²) in [5, 5.41) is 2.93. The maximum atomic E-state index is 12.8. The van der Waals surface area contributed by atoms with Crippen molar-refractivity contribution in [2.24, 2.45) is 0 Å². The van der Waals surface area contributed by atoms with Crippen molar-refractivity contribution < 1.29 is 23.6 Å². The first-order valence-electron chi connectivity index (χ1n) is 10.7. The van der Waals surface area contributed by atoms with Crippen molar-refractivity contribution in [1.29, 1.82) is 0 Å². The third-order valence-electron chi connectivity index (χ3n) is 6.41. The van der Waals surface area contributed by atoms with Gasteiger partial charge in [-0.3, -0.25) is 9.78 Å². The lowest BCUT2D eigenvalue weighted by Crippen LogP contribution is -2.41. The van der Waals surface area contributed by atoms with Crippen LogP contribution in [-0.2, 0) is 20.6 Å². The molecule has 0 unspecified atom stereocenters. The number of aromatic nitrogens is 1. The molecule has 9 heteroatoms. The lowest BCUT2D eigenvalue weighted by atomic mass is 9.76. The highest BCUT2D eigenvalue weighted by Gasteiger charge is 2.52. The van der Waals surface area contributed by atoms with E-state index in [1.807, 2.05) is 52.8 Å². The van der Waals surface area contributed by atoms with Crippen LogP contribution in [0.15, 0.2) is 36.5 Å². The second kappa shape index (κ2) is 8.22. The molecule has 168 valence electrons. The Hall–Kier alpha value is -2.91. The molecule has 0 saturated carbocycles. The average Bonchev–Trinajstić information content (AvgIpc) is 3.22. The molecule has 2 aromatic rings. The highest BCUT2D eigenvalue weighted by molar-refractivity contribution is 6.62. The minimum absolute atomic E-state index is 0.290. The highest BCUT2D eigenvalue weighted by atomic mass is 16.7. The van der Waals surface area contributed by atoms with Gasteiger partial charge in [0.05, 0.1) is 24.3 Å². The molecule has 0 spiro atoms. The molecule has 2 saturated heterocycles. The van der Waals surface area contributed by atoms with Gasteiger partial charge in [0.25, 0.3) is 5.91 Å². The molecule has 4 rings (SSSR count). The molecular formula is C23H28BN3O5. The summed E-state index contributed by atoms with van der Waals surface area (Å²) < 4.78 is 17.3. The molecule has 0 aliphatic carbocycles. The molecule has 0 atom stereocenters. The molecule has 1 N–H and O–H groups in total. The van der Waals surface area contributed by atoms with Gasteiger partial charge in [0.15, 0.2) is 0 Å². The zero-order valence-electron chi connectivity index (χ0n) is 19.1. The van der Waals surface area contributed by atoms with Crippen molar-refractivity contribution in [3.05, 3.63) is 53.3 Å². The number of rotatable bonds is 5. The topological polar surface area (TPSA) is 90.0 Å². The number of carbonyl (C=O) groups excluding carboxylic acids is 2. The Morgan fingerprint density at radius 3 is 2.47 bits per heavy atom. The van der Waals surface area contributed by atoms with Gasteiger partial charge in [-0.25, -0.2) is 4.79 Å². The number of carbonyl (C=O) groups is 2. The fourth-order valence-corrected chi connectivity index (χ4v) is 3.64. The van der Waals surface area contributed by atoms with Crippen molar-refractivity contribution in [3.63, 3.8) is 0 Å². The number of nitrogens with zero attached hydrogens (tertiary/aromatic N) is 2. The second-order valence-electron chi connectivity index (χ2n) is 9.15. The van der Waals surface area contributed by atoms with Gasteiger partial charge >= 0.3 is 13.2 Å². The van der Waals surface area contributed by atoms with Crippen LogP contribution in [0.4, 0.5) is 10.5 Å². The van der Waals surface area contributed by atoms with Crippen molar-refractivity contribution in [2.45, 2.75) is 52.4 Å². The van der Waals surface area contributed by atoms with Crippen molar-refractivity contribution in [3.8, 4) is 0 Å². The SMILES string of the molecule is Cc1c(NC(=O)c2ccc(CN3CCOC3=O)cn2)cccc1B1OC(C)(C)C(C)(C)O1. The predicted molar refractivity (Wildman–Crippen MR) is 121 cm³/mol. The summed E-state index contributed by atoms with van der Waals surface area (Å²) in [5.41, 5.74) is 2.66. The summed E-state index contributed by atoms with van der Waals surface area (Å²) in [5.74, 6) is -0.314. The number of cyclic esters (lactones) is 1. The first-order chi connectivity index (χ1) is 15.1. The van der Waals surface area contributed by atoms with Crippen molar-refractivity contribution in [2.75, 3.05) is 18.5 Å². The molecule has 8 nitrogen and oxygen atoms in total. The minimum Gasteiger partial charge on any atom is -0.448 e. The van der Waals surface area contributed by atoms with E-state index in [2.05, 4.69) is 10.3 Å². The van der Waals surface area contributed by atoms with Gasteiger partial charge in [-0.1, -0.05) is 18.2 Å². The number of hydrogen-bond acceptors (Lipinski definition) is 6. The smallest absolute Gasteiger partial charge is 0.448 e. The summed E-state index contributed by atoms with van der Waals surface area (Å²) in [6.07, 6.45) is 1.28. The molecular weight excluding hydrogens is 409 g/mol. The minimum atomic E-state index is -0.508. The van der Waals surface area contributed by atoms with E-state index < -0.39 is 18.3 Å². The summed E-state index contributed by atoms with van der Waals surface area (Å²) in [6.45, 7) is 11.3. The monoisotopic (exact) mass is 437 g/mol. The van der Waals surface area contributed by atoms with Crippen LogP contribution in [0.3, 0.4) is 0 Å². The molecule has 2 amide bonds. The normalized spacial score (nSPS) is 19.2. The standard InChI is InChI=1S/C23H28BN3O5/c1-15-17(24-31-22(2,3)23(4,5)32-24)7-6-8-18(15)26-20(28)19-10-9-16(13-25-19)14-27-11-12-30-21(27)29/h6-10,13H,11-12,14H2,1-5H3,(H,26,28). The van der Waals surface area contributed by atoms with Crippen LogP contribution in [0, 0.1) is 6.92 Å². The molecule has 2 aliphatic heterocycles. The Labute approximate surface area is 188 Å². The van der Waals surface area contributed by atoms with E-state index in [0.717, 1.165) is 16.6 Å². The molecule has 2 fully saturated rings. The largest absolute Gasteiger partial charge is 0.495 e. The maximum absolute atomic E-state index is 12.8. The number of anilines is 1. The summed E-state index contributed by atoms with van der Waals surface area (Å²) in [4.78, 5) is 30.2. The molecule has 2 aliphatic rings. The number of nitrogens with one attached hydrogen (secondary N) is 1. The van der Waals surface area contributed by atoms with Gasteiger partial charge in [0.1, 0.15) is 12.3 Å². The van der Waals surface area contributed by atoms with Gasteiger partial charge in [0.2, 0.25) is 0 Å². The van der Waals surface area contributed by atoms with Gasteiger partial charge < -0.3 is 24.3 Å². The van der Waals surface area contributed by atoms with E-state index in [-0.39, 0.29) is 17.7 Å². The van der Waals surface area contributed by atoms with Crippen molar-refractivity contribution in [1.82, 2.24) is 9.88 Å². The summed E-state index contributed by atoms with van der Waals surface area (Å²) in [6, 6.07) is 9.11. The van der Waals surface area contributed by atoms with E-state index in [9.17, 15) is 9.59 Å². The Morgan fingerprint density at radius 2 is 1.88 bits per heavy atom. The fraction of sp³-hybridized carbons (Fsp3) is 0.435. The second-order valence-corrected chi connectivity index (χ2v) is 9.15. The van der Waals surface area contributed by atoms with Crippen LogP contribution in [0.2, 0.25) is 0 Å². The molecule has 32 heavy (non-hydrogen) atoms. The van der Waals surface area contributed by atoms with E-state index in [4.69, 9.17) is 14.0 Å². The first kappa shape index (κ1) is 22.3. The molecule has 1 aromatic heterocycles. The Kier molecular flexibility index (Phi) is 5.73. The Balaban J connectivity index is 1.46. The number of pyridine rings is 1. The maximum Gasteiger partial charge on any atom is 0.495 e. The number of benzene rings is 1. The zero-order valence-corrected chi connectivity index (χ0v) is 19.1. The van der Waals surface area contributed by atoms with Gasteiger partial charge in [0, 0.05) is 11.9 Å². The third-order valence-corrected chi connectivity index (χ3v) is 6.41. The van der Waals surface area contributed by atoms with Crippen LogP contribution >= 0.6 is 0 Å². The molecule has 0 bridgehead atoms. The van der Waals surface area contributed by atoms with E-state index in [0.29, 0.717) is 25.4 Å². The van der Waals surface area contributed by atoms with Crippen LogP contribution in [-0.4, -0.2) is 53.4 Å². The molecule has 1 aromatic carbocycles. The zero-order chi connectivity index (χ0) is 23.1. The fourth-order valence-electron chi connectivity index (χ4n) is 3.64. The Morgan fingerprint density at radius 1 is 1.16 bits per heavy atom. The van der Waals surface area contributed by atoms with Crippen molar-refractivity contribution >= 4 is 30.3 Å². The van der Waals surface area contributed by atoms with Gasteiger partial charge in [-0.2, -0.15) is 0 Å². The number of hydrogen-bond donors (Lipinski definition) is 1. The number of amides is 2. The number of ether oxygens (including phenoxy) is 1. The van der Waals surface area contributed by atoms with E-state index in [1.165, 1.54) is 0 Å². The predicted octanol–water partition coefficient (Wildman–Crippen LogP) is 2.89. The van der Waals surface area contributed by atoms with E-state index in [1.54, 1.807) is 23.2 Å². The van der Waals surface area contributed by atoms with Gasteiger partial charge in [-0.15, -0.1) is 0 Å². The van der Waals surface area contributed by atoms with Crippen LogP contribution < -0.4 is 10.8 Å². The Bertz CT molecular complexity index is 1020. The summed E-state index contributed by atoms with van der Waals surface area (Å²) in [7, 11) is -0.508. The van der Waals surface area contributed by atoms with E-state index >= 15 is 0 Å².